The van der Waals surface area contributed by atoms with E-state index in [9.17, 15) is 9.59 Å². The zero-order valence-corrected chi connectivity index (χ0v) is 19.6. The maximum absolute atomic E-state index is 13.0. The minimum absolute atomic E-state index is 0.0773. The van der Waals surface area contributed by atoms with Gasteiger partial charge in [-0.05, 0) is 63.2 Å². The van der Waals surface area contributed by atoms with Gasteiger partial charge in [0.05, 0.1) is 16.3 Å². The molecule has 0 fully saturated rings. The lowest BCUT2D eigenvalue weighted by atomic mass is 10.1. The molecule has 0 aliphatic carbocycles. The molecule has 170 valence electrons. The molecule has 0 saturated heterocycles. The molecule has 8 nitrogen and oxygen atoms in total. The van der Waals surface area contributed by atoms with E-state index in [4.69, 9.17) is 9.84 Å². The summed E-state index contributed by atoms with van der Waals surface area (Å²) in [6, 6.07) is 17.4. The number of thiazole rings is 1. The molecule has 0 atom stereocenters. The lowest BCUT2D eigenvalue weighted by Crippen LogP contribution is -2.27. The number of benzene rings is 2. The Morgan fingerprint density at radius 1 is 1.00 bits per heavy atom. The van der Waals surface area contributed by atoms with Crippen molar-refractivity contribution in [2.75, 3.05) is 0 Å². The van der Waals surface area contributed by atoms with Crippen LogP contribution in [0.2, 0.25) is 0 Å². The first-order chi connectivity index (χ1) is 16.4. The van der Waals surface area contributed by atoms with E-state index in [-0.39, 0.29) is 22.3 Å². The molecule has 0 N–H and O–H groups in total. The van der Waals surface area contributed by atoms with Crippen LogP contribution >= 0.6 is 11.3 Å². The zero-order chi connectivity index (χ0) is 23.8. The van der Waals surface area contributed by atoms with Gasteiger partial charge < -0.3 is 4.74 Å². The summed E-state index contributed by atoms with van der Waals surface area (Å²) in [5, 5.41) is 8.90. The van der Waals surface area contributed by atoms with Crippen LogP contribution in [-0.4, -0.2) is 30.5 Å². The molecule has 0 aliphatic heterocycles. The summed E-state index contributed by atoms with van der Waals surface area (Å²) in [4.78, 5) is 29.1. The molecule has 3 heterocycles. The Morgan fingerprint density at radius 3 is 2.44 bits per heavy atom. The molecule has 0 amide bonds. The number of rotatable bonds is 5. The topological polar surface area (TPSA) is 91.4 Å². The van der Waals surface area contributed by atoms with Gasteiger partial charge in [-0.1, -0.05) is 29.5 Å². The predicted molar refractivity (Wildman–Crippen MR) is 132 cm³/mol. The summed E-state index contributed by atoms with van der Waals surface area (Å²) in [6.07, 6.45) is 3.72. The highest BCUT2D eigenvalue weighted by atomic mass is 32.1. The van der Waals surface area contributed by atoms with Gasteiger partial charge in [0, 0.05) is 17.3 Å². The highest BCUT2D eigenvalue weighted by Crippen LogP contribution is 2.26. The van der Waals surface area contributed by atoms with Gasteiger partial charge >= 0.3 is 0 Å². The first kappa shape index (κ1) is 21.7. The van der Waals surface area contributed by atoms with Crippen molar-refractivity contribution >= 4 is 22.4 Å². The van der Waals surface area contributed by atoms with Gasteiger partial charge in [0.25, 0.3) is 11.1 Å². The zero-order valence-electron chi connectivity index (χ0n) is 18.8. The molecular weight excluding hydrogens is 450 g/mol. The fourth-order valence-electron chi connectivity index (χ4n) is 3.52. The van der Waals surface area contributed by atoms with E-state index >= 15 is 0 Å². The van der Waals surface area contributed by atoms with E-state index in [0.717, 1.165) is 33.9 Å². The number of nitrogens with zero attached hydrogens (tertiary/aromatic N) is 5. The Bertz CT molecular complexity index is 1650. The molecule has 2 aromatic carbocycles. The molecule has 0 saturated carbocycles. The van der Waals surface area contributed by atoms with Crippen molar-refractivity contribution in [2.45, 2.75) is 26.9 Å². The van der Waals surface area contributed by atoms with E-state index in [1.807, 2.05) is 74.6 Å². The van der Waals surface area contributed by atoms with Crippen molar-refractivity contribution in [3.05, 3.63) is 97.3 Å². The minimum Gasteiger partial charge on any atom is -0.491 e. The number of hydrogen-bond acceptors (Lipinski definition) is 7. The van der Waals surface area contributed by atoms with Crippen LogP contribution in [0.3, 0.4) is 0 Å². The van der Waals surface area contributed by atoms with E-state index in [0.29, 0.717) is 10.2 Å². The highest BCUT2D eigenvalue weighted by Gasteiger charge is 2.14. The van der Waals surface area contributed by atoms with Crippen molar-refractivity contribution in [3.63, 3.8) is 0 Å². The fourth-order valence-corrected chi connectivity index (χ4v) is 4.42. The first-order valence-electron chi connectivity index (χ1n) is 10.7. The molecule has 3 aromatic heterocycles. The maximum atomic E-state index is 13.0. The molecule has 9 heteroatoms. The Labute approximate surface area is 198 Å². The first-order valence-corrected chi connectivity index (χ1v) is 11.5. The number of aryl methyl sites for hydroxylation is 1. The van der Waals surface area contributed by atoms with Crippen LogP contribution in [0.1, 0.15) is 25.1 Å². The number of hydrogen-bond donors (Lipinski definition) is 0. The second kappa shape index (κ2) is 8.68. The lowest BCUT2D eigenvalue weighted by Gasteiger charge is -2.09. The molecule has 5 rings (SSSR count). The summed E-state index contributed by atoms with van der Waals surface area (Å²) in [5.74, 6) is 0.774. The standard InChI is InChI=1S/C25H21N5O3S/c1-15(2)33-20-11-9-17(10-12-20)22-18(14-29(28-22)19-7-5-4-6-8-19)13-21-24(32)30-25(34-21)26-23(31)16(3)27-30/h4-15H,1-3H3/b21-13+. The van der Waals surface area contributed by atoms with Gasteiger partial charge in [-0.2, -0.15) is 19.7 Å². The second-order valence-electron chi connectivity index (χ2n) is 8.02. The van der Waals surface area contributed by atoms with Crippen LogP contribution in [0.5, 0.6) is 5.75 Å². The third kappa shape index (κ3) is 4.13. The Balaban J connectivity index is 1.68. The fraction of sp³-hybridized carbons (Fsp3) is 0.160. The van der Waals surface area contributed by atoms with Crippen LogP contribution in [0.25, 0.3) is 28.0 Å². The van der Waals surface area contributed by atoms with Crippen LogP contribution in [0.4, 0.5) is 0 Å². The van der Waals surface area contributed by atoms with Crippen LogP contribution in [0.15, 0.2) is 70.4 Å². The summed E-state index contributed by atoms with van der Waals surface area (Å²) in [6.45, 7) is 5.50. The SMILES string of the molecule is Cc1nn2c(=O)/c(=C\c3cn(-c4ccccc4)nc3-c3ccc(OC(C)C)cc3)sc2nc1=O. The maximum Gasteiger partial charge on any atom is 0.295 e. The molecule has 34 heavy (non-hydrogen) atoms. The predicted octanol–water partition coefficient (Wildman–Crippen LogP) is 3.01. The minimum atomic E-state index is -0.436. The van der Waals surface area contributed by atoms with Crippen molar-refractivity contribution in [1.29, 1.82) is 0 Å². The lowest BCUT2D eigenvalue weighted by molar-refractivity contribution is 0.242. The summed E-state index contributed by atoms with van der Waals surface area (Å²) in [5.41, 5.74) is 2.66. The smallest absolute Gasteiger partial charge is 0.295 e. The molecule has 0 radical (unpaired) electrons. The van der Waals surface area contributed by atoms with Crippen molar-refractivity contribution < 1.29 is 4.74 Å². The second-order valence-corrected chi connectivity index (χ2v) is 9.03. The van der Waals surface area contributed by atoms with Gasteiger partial charge in [0.2, 0.25) is 4.96 Å². The van der Waals surface area contributed by atoms with E-state index in [1.54, 1.807) is 10.8 Å². The summed E-state index contributed by atoms with van der Waals surface area (Å²) >= 11 is 1.12. The molecule has 0 aliphatic rings. The van der Waals surface area contributed by atoms with Crippen LogP contribution in [-0.2, 0) is 0 Å². The summed E-state index contributed by atoms with van der Waals surface area (Å²) < 4.78 is 9.13. The third-order valence-corrected chi connectivity index (χ3v) is 6.05. The van der Waals surface area contributed by atoms with Crippen molar-refractivity contribution in [1.82, 2.24) is 24.4 Å². The number of ether oxygens (including phenoxy) is 1. The molecular formula is C25H21N5O3S. The number of para-hydroxylation sites is 1. The van der Waals surface area contributed by atoms with E-state index in [2.05, 4.69) is 10.1 Å². The Morgan fingerprint density at radius 2 is 1.74 bits per heavy atom. The number of aromatic nitrogens is 5. The number of fused-ring (bicyclic) bond motifs is 1. The third-order valence-electron chi connectivity index (χ3n) is 5.09. The van der Waals surface area contributed by atoms with Gasteiger partial charge in [0.1, 0.15) is 17.1 Å². The van der Waals surface area contributed by atoms with Gasteiger partial charge in [-0.3, -0.25) is 9.59 Å². The summed E-state index contributed by atoms with van der Waals surface area (Å²) in [7, 11) is 0. The normalized spacial score (nSPS) is 12.1. The highest BCUT2D eigenvalue weighted by molar-refractivity contribution is 7.15. The molecule has 0 unspecified atom stereocenters. The average Bonchev–Trinajstić information content (AvgIpc) is 3.37. The van der Waals surface area contributed by atoms with Crippen LogP contribution < -0.4 is 20.4 Å². The Kier molecular flexibility index (Phi) is 5.54. The quantitative estimate of drug-likeness (QED) is 0.391. The molecule has 0 bridgehead atoms. The molecule has 5 aromatic rings. The largest absolute Gasteiger partial charge is 0.491 e. The molecule has 0 spiro atoms. The van der Waals surface area contributed by atoms with E-state index < -0.39 is 5.56 Å². The van der Waals surface area contributed by atoms with Gasteiger partial charge in [-0.15, -0.1) is 0 Å². The van der Waals surface area contributed by atoms with Gasteiger partial charge in [-0.25, -0.2) is 4.68 Å². The van der Waals surface area contributed by atoms with Gasteiger partial charge in [0.15, 0.2) is 0 Å². The van der Waals surface area contributed by atoms with Crippen LogP contribution in [0, 0.1) is 6.92 Å². The monoisotopic (exact) mass is 471 g/mol. The van der Waals surface area contributed by atoms with Crippen molar-refractivity contribution in [3.8, 4) is 22.7 Å². The van der Waals surface area contributed by atoms with E-state index in [1.165, 1.54) is 11.4 Å². The van der Waals surface area contributed by atoms with Crippen molar-refractivity contribution in [2.24, 2.45) is 0 Å². The Hall–Kier alpha value is -4.11. The average molecular weight is 472 g/mol.